The molecule has 0 saturated carbocycles. The number of anilines is 1. The van der Waals surface area contributed by atoms with Gasteiger partial charge in [-0.05, 0) is 30.0 Å². The number of aryl methyl sites for hydroxylation is 1. The monoisotopic (exact) mass is 303 g/mol. The second-order valence-electron chi connectivity index (χ2n) is 4.58. The van der Waals surface area contributed by atoms with Gasteiger partial charge in [0.1, 0.15) is 28.8 Å². The number of hydrogen-bond acceptors (Lipinski definition) is 5. The van der Waals surface area contributed by atoms with E-state index in [-0.39, 0.29) is 12.4 Å². The predicted molar refractivity (Wildman–Crippen MR) is 82.4 cm³/mol. The Hall–Kier alpha value is -2.21. The van der Waals surface area contributed by atoms with Crippen LogP contribution < -0.4 is 10.1 Å². The van der Waals surface area contributed by atoms with E-state index in [9.17, 15) is 4.39 Å². The van der Waals surface area contributed by atoms with Crippen LogP contribution in [0.3, 0.4) is 0 Å². The molecule has 0 spiro atoms. The molecule has 108 valence electrons. The van der Waals surface area contributed by atoms with Crippen LogP contribution in [0.5, 0.6) is 5.75 Å². The van der Waals surface area contributed by atoms with Crippen LogP contribution in [0.15, 0.2) is 29.6 Å². The van der Waals surface area contributed by atoms with E-state index >= 15 is 0 Å². The van der Waals surface area contributed by atoms with Gasteiger partial charge in [0.15, 0.2) is 5.82 Å². The highest BCUT2D eigenvalue weighted by atomic mass is 32.1. The minimum Gasteiger partial charge on any atom is -0.486 e. The minimum atomic E-state index is -0.280. The number of benzene rings is 1. The molecular weight excluding hydrogens is 289 g/mol. The highest BCUT2D eigenvalue weighted by Gasteiger charge is 2.08. The Labute approximate surface area is 125 Å². The lowest BCUT2D eigenvalue weighted by molar-refractivity contribution is 0.295. The van der Waals surface area contributed by atoms with Gasteiger partial charge in [0.05, 0.1) is 5.39 Å². The van der Waals surface area contributed by atoms with E-state index in [1.54, 1.807) is 30.4 Å². The molecule has 3 aromatic rings. The van der Waals surface area contributed by atoms with Gasteiger partial charge in [0, 0.05) is 13.1 Å². The van der Waals surface area contributed by atoms with E-state index in [1.165, 1.54) is 6.07 Å². The van der Waals surface area contributed by atoms with Gasteiger partial charge in [-0.25, -0.2) is 14.4 Å². The van der Waals surface area contributed by atoms with E-state index < -0.39 is 0 Å². The van der Waals surface area contributed by atoms with E-state index in [4.69, 9.17) is 4.74 Å². The Morgan fingerprint density at radius 3 is 2.90 bits per heavy atom. The zero-order chi connectivity index (χ0) is 14.8. The van der Waals surface area contributed by atoms with E-state index in [2.05, 4.69) is 15.3 Å². The number of fused-ring (bicyclic) bond motifs is 1. The van der Waals surface area contributed by atoms with Gasteiger partial charge < -0.3 is 10.1 Å². The summed E-state index contributed by atoms with van der Waals surface area (Å²) in [5.74, 6) is 1.53. The van der Waals surface area contributed by atoms with Crippen molar-refractivity contribution in [1.82, 2.24) is 9.97 Å². The van der Waals surface area contributed by atoms with Crippen LogP contribution >= 0.6 is 11.3 Å². The van der Waals surface area contributed by atoms with Gasteiger partial charge >= 0.3 is 0 Å². The molecule has 0 bridgehead atoms. The smallest absolute Gasteiger partial charge is 0.169 e. The topological polar surface area (TPSA) is 47.0 Å². The summed E-state index contributed by atoms with van der Waals surface area (Å²) >= 11 is 1.55. The van der Waals surface area contributed by atoms with Crippen LogP contribution in [0.25, 0.3) is 10.2 Å². The molecule has 0 amide bonds. The second kappa shape index (κ2) is 5.65. The summed E-state index contributed by atoms with van der Waals surface area (Å²) in [7, 11) is 1.82. The van der Waals surface area contributed by atoms with Crippen LogP contribution in [-0.2, 0) is 6.61 Å². The number of hydrogen-bond donors (Lipinski definition) is 1. The molecule has 0 aliphatic carbocycles. The third kappa shape index (κ3) is 2.80. The number of nitrogens with zero attached hydrogens (tertiary/aromatic N) is 2. The van der Waals surface area contributed by atoms with Gasteiger partial charge in [-0.1, -0.05) is 6.07 Å². The number of rotatable bonds is 4. The van der Waals surface area contributed by atoms with Crippen LogP contribution in [0.4, 0.5) is 10.2 Å². The lowest BCUT2D eigenvalue weighted by Crippen LogP contribution is -2.04. The fourth-order valence-corrected chi connectivity index (χ4v) is 2.75. The lowest BCUT2D eigenvalue weighted by Gasteiger charge is -2.08. The summed E-state index contributed by atoms with van der Waals surface area (Å²) in [5, 5.41) is 6.02. The largest absolute Gasteiger partial charge is 0.486 e. The Balaban J connectivity index is 1.82. The van der Waals surface area contributed by atoms with Crippen molar-refractivity contribution in [3.05, 3.63) is 46.9 Å². The second-order valence-corrected chi connectivity index (χ2v) is 5.47. The van der Waals surface area contributed by atoms with Crippen LogP contribution in [0.1, 0.15) is 11.4 Å². The average Bonchev–Trinajstić information content (AvgIpc) is 2.96. The van der Waals surface area contributed by atoms with Crippen molar-refractivity contribution in [2.75, 3.05) is 12.4 Å². The van der Waals surface area contributed by atoms with Crippen molar-refractivity contribution in [3.63, 3.8) is 0 Å². The maximum Gasteiger partial charge on any atom is 0.169 e. The first-order valence-electron chi connectivity index (χ1n) is 6.48. The normalized spacial score (nSPS) is 10.8. The zero-order valence-corrected chi connectivity index (χ0v) is 12.5. The van der Waals surface area contributed by atoms with Crippen molar-refractivity contribution in [2.24, 2.45) is 0 Å². The molecule has 1 aromatic carbocycles. The standard InChI is InChI=1S/C15H14FN3OS/c1-9-3-4-10(7-12(9)16)20-8-13-18-14(17-2)11-5-6-21-15(11)19-13/h3-7H,8H2,1-2H3,(H,17,18,19). The van der Waals surface area contributed by atoms with Crippen molar-refractivity contribution in [1.29, 1.82) is 0 Å². The minimum absolute atomic E-state index is 0.199. The highest BCUT2D eigenvalue weighted by molar-refractivity contribution is 7.16. The van der Waals surface area contributed by atoms with Gasteiger partial charge in [0.2, 0.25) is 0 Å². The summed E-state index contributed by atoms with van der Waals surface area (Å²) in [6.07, 6.45) is 0. The molecule has 21 heavy (non-hydrogen) atoms. The molecule has 6 heteroatoms. The van der Waals surface area contributed by atoms with Gasteiger partial charge in [-0.2, -0.15) is 0 Å². The summed E-state index contributed by atoms with van der Waals surface area (Å²) in [4.78, 5) is 9.77. The molecule has 4 nitrogen and oxygen atoms in total. The number of nitrogens with one attached hydrogen (secondary N) is 1. The molecule has 0 aliphatic heterocycles. The Kier molecular flexibility index (Phi) is 3.70. The SMILES string of the molecule is CNc1nc(COc2ccc(C)c(F)c2)nc2sccc12. The van der Waals surface area contributed by atoms with Crippen LogP contribution in [-0.4, -0.2) is 17.0 Å². The fourth-order valence-electron chi connectivity index (χ4n) is 1.97. The Morgan fingerprint density at radius 1 is 1.29 bits per heavy atom. The maximum atomic E-state index is 13.5. The molecule has 1 N–H and O–H groups in total. The number of thiophene rings is 1. The molecule has 0 unspecified atom stereocenters. The summed E-state index contributed by atoms with van der Waals surface area (Å²) in [5.41, 5.74) is 0.594. The third-order valence-corrected chi connectivity index (χ3v) is 3.93. The molecule has 0 atom stereocenters. The Bertz CT molecular complexity index is 788. The first-order valence-corrected chi connectivity index (χ1v) is 7.36. The zero-order valence-electron chi connectivity index (χ0n) is 11.7. The number of aromatic nitrogens is 2. The highest BCUT2D eigenvalue weighted by Crippen LogP contribution is 2.25. The molecule has 0 aliphatic rings. The summed E-state index contributed by atoms with van der Waals surface area (Å²) in [6.45, 7) is 1.91. The van der Waals surface area contributed by atoms with Gasteiger partial charge in [-0.3, -0.25) is 0 Å². The number of halogens is 1. The van der Waals surface area contributed by atoms with Crippen molar-refractivity contribution in [3.8, 4) is 5.75 Å². The first kappa shape index (κ1) is 13.8. The first-order chi connectivity index (χ1) is 10.2. The van der Waals surface area contributed by atoms with Crippen molar-refractivity contribution < 1.29 is 9.13 Å². The van der Waals surface area contributed by atoms with Gasteiger partial charge in [-0.15, -0.1) is 11.3 Å². The number of ether oxygens (including phenoxy) is 1. The molecule has 3 rings (SSSR count). The van der Waals surface area contributed by atoms with Crippen LogP contribution in [0.2, 0.25) is 0 Å². The van der Waals surface area contributed by atoms with Crippen molar-refractivity contribution >= 4 is 27.4 Å². The van der Waals surface area contributed by atoms with Crippen molar-refractivity contribution in [2.45, 2.75) is 13.5 Å². The molecular formula is C15H14FN3OS. The molecule has 0 saturated heterocycles. The van der Waals surface area contributed by atoms with E-state index in [0.717, 1.165) is 16.0 Å². The maximum absolute atomic E-state index is 13.5. The average molecular weight is 303 g/mol. The lowest BCUT2D eigenvalue weighted by atomic mass is 10.2. The van der Waals surface area contributed by atoms with E-state index in [0.29, 0.717) is 17.1 Å². The molecule has 0 radical (unpaired) electrons. The predicted octanol–water partition coefficient (Wildman–Crippen LogP) is 3.76. The van der Waals surface area contributed by atoms with E-state index in [1.807, 2.05) is 18.5 Å². The van der Waals surface area contributed by atoms with Crippen LogP contribution in [0, 0.1) is 12.7 Å². The molecule has 2 aromatic heterocycles. The summed E-state index contributed by atoms with van der Waals surface area (Å²) in [6, 6.07) is 6.78. The quantitative estimate of drug-likeness (QED) is 0.797. The fraction of sp³-hybridized carbons (Fsp3) is 0.200. The van der Waals surface area contributed by atoms with Gasteiger partial charge in [0.25, 0.3) is 0 Å². The molecule has 0 fully saturated rings. The third-order valence-electron chi connectivity index (χ3n) is 3.12. The summed E-state index contributed by atoms with van der Waals surface area (Å²) < 4.78 is 19.0. The molecule has 2 heterocycles. The Morgan fingerprint density at radius 2 is 2.14 bits per heavy atom.